The van der Waals surface area contributed by atoms with Crippen LogP contribution in [0.15, 0.2) is 22.7 Å². The molecular weight excluding hydrogens is 262 g/mol. The number of hydrogen-bond donors (Lipinski definition) is 2. The Morgan fingerprint density at radius 2 is 2.40 bits per heavy atom. The number of carbonyl (C=O) groups is 1. The van der Waals surface area contributed by atoms with E-state index in [9.17, 15) is 4.79 Å². The topological polar surface area (TPSA) is 58.6 Å². The Bertz CT molecular complexity index is 412. The molecule has 2 N–H and O–H groups in total. The lowest BCUT2D eigenvalue weighted by atomic mass is 10.2. The number of terminal acetylenes is 1. The fourth-order valence-corrected chi connectivity index (χ4v) is 1.46. The normalized spacial score (nSPS) is 9.33. The van der Waals surface area contributed by atoms with Gasteiger partial charge in [0.05, 0.1) is 11.3 Å². The van der Waals surface area contributed by atoms with E-state index in [0.29, 0.717) is 10.2 Å². The van der Waals surface area contributed by atoms with Crippen LogP contribution in [-0.2, 0) is 4.84 Å². The van der Waals surface area contributed by atoms with Gasteiger partial charge in [-0.05, 0) is 34.1 Å². The highest BCUT2D eigenvalue weighted by Crippen LogP contribution is 2.21. The number of nitrogens with one attached hydrogen (secondary N) is 1. The molecule has 0 atom stereocenters. The Labute approximate surface area is 95.3 Å². The van der Waals surface area contributed by atoms with Gasteiger partial charge in [-0.3, -0.25) is 10.3 Å². The van der Waals surface area contributed by atoms with Crippen molar-refractivity contribution in [2.45, 2.75) is 0 Å². The number of halogens is 1. The number of benzene rings is 1. The van der Waals surface area contributed by atoms with Gasteiger partial charge in [0, 0.05) is 4.47 Å². The van der Waals surface area contributed by atoms with E-state index in [0.717, 1.165) is 0 Å². The molecule has 15 heavy (non-hydrogen) atoms. The second kappa shape index (κ2) is 5.39. The molecular formula is C10H8BrNO3. The van der Waals surface area contributed by atoms with Crippen molar-refractivity contribution in [3.8, 4) is 12.3 Å². The van der Waals surface area contributed by atoms with Crippen molar-refractivity contribution in [1.29, 1.82) is 0 Å². The molecule has 0 saturated heterocycles. The van der Waals surface area contributed by atoms with Crippen LogP contribution in [0, 0.1) is 12.3 Å². The van der Waals surface area contributed by atoms with Gasteiger partial charge in [0.25, 0.3) is 0 Å². The summed E-state index contributed by atoms with van der Waals surface area (Å²) in [6.45, 7) is 0.137. The third kappa shape index (κ3) is 3.27. The number of hydrogen-bond acceptors (Lipinski definition) is 3. The van der Waals surface area contributed by atoms with Crippen molar-refractivity contribution < 1.29 is 14.7 Å². The number of aromatic carboxylic acids is 1. The van der Waals surface area contributed by atoms with Gasteiger partial charge in [-0.25, -0.2) is 4.79 Å². The monoisotopic (exact) mass is 269 g/mol. The van der Waals surface area contributed by atoms with Crippen LogP contribution in [0.5, 0.6) is 0 Å². The molecule has 0 spiro atoms. The first-order valence-electron chi connectivity index (χ1n) is 3.99. The van der Waals surface area contributed by atoms with Crippen LogP contribution in [0.25, 0.3) is 0 Å². The van der Waals surface area contributed by atoms with E-state index in [4.69, 9.17) is 16.4 Å². The van der Waals surface area contributed by atoms with Crippen molar-refractivity contribution in [2.24, 2.45) is 0 Å². The van der Waals surface area contributed by atoms with Gasteiger partial charge in [0.15, 0.2) is 0 Å². The predicted molar refractivity (Wildman–Crippen MR) is 59.5 cm³/mol. The van der Waals surface area contributed by atoms with Crippen molar-refractivity contribution in [3.05, 3.63) is 28.2 Å². The zero-order valence-corrected chi connectivity index (χ0v) is 9.24. The molecule has 4 nitrogen and oxygen atoms in total. The number of rotatable bonds is 4. The smallest absolute Gasteiger partial charge is 0.336 e. The molecule has 0 aliphatic rings. The van der Waals surface area contributed by atoms with Crippen LogP contribution < -0.4 is 5.48 Å². The lowest BCUT2D eigenvalue weighted by molar-refractivity contribution is 0.0696. The molecule has 0 heterocycles. The minimum absolute atomic E-state index is 0.137. The minimum atomic E-state index is -0.988. The van der Waals surface area contributed by atoms with E-state index in [1.807, 2.05) is 0 Å². The molecule has 1 aromatic rings. The molecule has 0 fully saturated rings. The van der Waals surface area contributed by atoms with Crippen molar-refractivity contribution in [1.82, 2.24) is 0 Å². The Morgan fingerprint density at radius 3 is 2.93 bits per heavy atom. The third-order valence-electron chi connectivity index (χ3n) is 1.55. The minimum Gasteiger partial charge on any atom is -0.478 e. The van der Waals surface area contributed by atoms with Gasteiger partial charge >= 0.3 is 5.97 Å². The molecule has 0 amide bonds. The Hall–Kier alpha value is -1.51. The zero-order chi connectivity index (χ0) is 11.3. The van der Waals surface area contributed by atoms with Crippen LogP contribution in [0.1, 0.15) is 10.4 Å². The maximum Gasteiger partial charge on any atom is 0.336 e. The highest BCUT2D eigenvalue weighted by molar-refractivity contribution is 9.10. The van der Waals surface area contributed by atoms with E-state index in [2.05, 4.69) is 27.3 Å². The summed E-state index contributed by atoms with van der Waals surface area (Å²) in [5, 5.41) is 8.76. The lowest BCUT2D eigenvalue weighted by Gasteiger charge is -2.06. The van der Waals surface area contributed by atoms with E-state index >= 15 is 0 Å². The molecule has 1 aromatic carbocycles. The molecule has 78 valence electrons. The Morgan fingerprint density at radius 1 is 1.67 bits per heavy atom. The third-order valence-corrected chi connectivity index (χ3v) is 2.20. The first-order valence-corrected chi connectivity index (χ1v) is 4.78. The maximum atomic E-state index is 10.7. The van der Waals surface area contributed by atoms with Gasteiger partial charge in [-0.2, -0.15) is 0 Å². The molecule has 1 rings (SSSR count). The van der Waals surface area contributed by atoms with E-state index < -0.39 is 5.97 Å². The molecule has 0 radical (unpaired) electrons. The summed E-state index contributed by atoms with van der Waals surface area (Å²) < 4.78 is 0.476. The van der Waals surface area contributed by atoms with Crippen molar-refractivity contribution >= 4 is 27.6 Å². The Balaban J connectivity index is 2.74. The summed E-state index contributed by atoms with van der Waals surface area (Å²) in [7, 11) is 0. The predicted octanol–water partition coefficient (Wildman–Crippen LogP) is 2.12. The summed E-state index contributed by atoms with van der Waals surface area (Å²) >= 11 is 3.14. The largest absolute Gasteiger partial charge is 0.478 e. The zero-order valence-electron chi connectivity index (χ0n) is 7.66. The lowest BCUT2D eigenvalue weighted by Crippen LogP contribution is -2.03. The summed E-state index contributed by atoms with van der Waals surface area (Å²) in [6, 6.07) is 4.65. The summed E-state index contributed by atoms with van der Waals surface area (Å²) in [5.41, 5.74) is 3.41. The second-order valence-electron chi connectivity index (χ2n) is 2.59. The van der Waals surface area contributed by atoms with Gasteiger partial charge < -0.3 is 5.11 Å². The molecule has 0 bridgehead atoms. The number of carboxylic acids is 1. The molecule has 0 saturated carbocycles. The molecule has 0 aromatic heterocycles. The Kier molecular flexibility index (Phi) is 4.16. The highest BCUT2D eigenvalue weighted by Gasteiger charge is 2.07. The summed E-state index contributed by atoms with van der Waals surface area (Å²) in [6.07, 6.45) is 4.98. The van der Waals surface area contributed by atoms with Gasteiger partial charge in [-0.15, -0.1) is 6.42 Å². The fraction of sp³-hybridized carbons (Fsp3) is 0.100. The van der Waals surface area contributed by atoms with Crippen LogP contribution in [0.4, 0.5) is 5.69 Å². The van der Waals surface area contributed by atoms with Gasteiger partial charge in [-0.1, -0.05) is 5.92 Å². The second-order valence-corrected chi connectivity index (χ2v) is 3.45. The van der Waals surface area contributed by atoms with Crippen LogP contribution in [0.2, 0.25) is 0 Å². The standard InChI is InChI=1S/C10H8BrNO3/c1-2-5-15-12-7-3-4-8(10(13)14)9(11)6-7/h1,3-4,6,12H,5H2,(H,13,14). The molecule has 0 unspecified atom stereocenters. The SMILES string of the molecule is C#CCONc1ccc(C(=O)O)c(Br)c1. The first-order chi connectivity index (χ1) is 7.15. The summed E-state index contributed by atoms with van der Waals surface area (Å²) in [5.74, 6) is 1.30. The van der Waals surface area contributed by atoms with E-state index in [1.165, 1.54) is 6.07 Å². The molecule has 5 heteroatoms. The van der Waals surface area contributed by atoms with Crippen LogP contribution in [-0.4, -0.2) is 17.7 Å². The van der Waals surface area contributed by atoms with Crippen molar-refractivity contribution in [3.63, 3.8) is 0 Å². The summed E-state index contributed by atoms with van der Waals surface area (Å²) in [4.78, 5) is 15.6. The highest BCUT2D eigenvalue weighted by atomic mass is 79.9. The quantitative estimate of drug-likeness (QED) is 0.500. The number of carboxylic acid groups (broad SMARTS) is 1. The van der Waals surface area contributed by atoms with Crippen LogP contribution >= 0.6 is 15.9 Å². The maximum absolute atomic E-state index is 10.7. The van der Waals surface area contributed by atoms with Gasteiger partial charge in [0.1, 0.15) is 6.61 Å². The average Bonchev–Trinajstić information content (AvgIpc) is 2.17. The van der Waals surface area contributed by atoms with Crippen molar-refractivity contribution in [2.75, 3.05) is 12.1 Å². The van der Waals surface area contributed by atoms with E-state index in [1.54, 1.807) is 12.1 Å². The van der Waals surface area contributed by atoms with Crippen LogP contribution in [0.3, 0.4) is 0 Å². The molecule has 0 aliphatic carbocycles. The van der Waals surface area contributed by atoms with E-state index in [-0.39, 0.29) is 12.2 Å². The fourth-order valence-electron chi connectivity index (χ4n) is 0.913. The van der Waals surface area contributed by atoms with Gasteiger partial charge in [0.2, 0.25) is 0 Å². The number of anilines is 1. The first kappa shape index (κ1) is 11.6. The average molecular weight is 270 g/mol. The molecule has 0 aliphatic heterocycles.